The SMILES string of the molecule is CN=C(NCc1cc(N(C)C)nc2ccccc12)NC1C2CCCOC2C1(C)C.I. The second-order valence-electron chi connectivity index (χ2n) is 9.02. The molecule has 3 atom stereocenters. The maximum Gasteiger partial charge on any atom is 0.191 e. The number of nitrogens with one attached hydrogen (secondary N) is 2. The first-order chi connectivity index (χ1) is 13.9. The molecule has 0 amide bonds. The Balaban J connectivity index is 0.00000256. The number of pyridine rings is 1. The highest BCUT2D eigenvalue weighted by Gasteiger charge is 2.58. The van der Waals surface area contributed by atoms with Crippen LogP contribution in [0, 0.1) is 11.3 Å². The number of para-hydroxylation sites is 1. The van der Waals surface area contributed by atoms with Crippen molar-refractivity contribution in [3.8, 4) is 0 Å². The fourth-order valence-corrected chi connectivity index (χ4v) is 4.94. The van der Waals surface area contributed by atoms with Gasteiger partial charge in [-0.1, -0.05) is 32.0 Å². The number of hydrogen-bond donors (Lipinski definition) is 2. The van der Waals surface area contributed by atoms with E-state index in [-0.39, 0.29) is 29.4 Å². The molecule has 0 spiro atoms. The Morgan fingerprint density at radius 2 is 2.07 bits per heavy atom. The van der Waals surface area contributed by atoms with Gasteiger partial charge in [0.15, 0.2) is 5.96 Å². The summed E-state index contributed by atoms with van der Waals surface area (Å²) < 4.78 is 6.04. The summed E-state index contributed by atoms with van der Waals surface area (Å²) in [6, 6.07) is 10.8. The third-order valence-corrected chi connectivity index (χ3v) is 6.54. The molecule has 2 fully saturated rings. The van der Waals surface area contributed by atoms with Gasteiger partial charge in [-0.3, -0.25) is 4.99 Å². The van der Waals surface area contributed by atoms with Gasteiger partial charge < -0.3 is 20.3 Å². The highest BCUT2D eigenvalue weighted by Crippen LogP contribution is 2.51. The number of ether oxygens (including phenoxy) is 1. The average Bonchev–Trinajstić information content (AvgIpc) is 2.73. The van der Waals surface area contributed by atoms with Crippen LogP contribution in [0.4, 0.5) is 5.82 Å². The van der Waals surface area contributed by atoms with Crippen LogP contribution < -0.4 is 15.5 Å². The van der Waals surface area contributed by atoms with Crippen LogP contribution in [0.3, 0.4) is 0 Å². The molecule has 0 bridgehead atoms. The smallest absolute Gasteiger partial charge is 0.191 e. The first kappa shape index (κ1) is 23.1. The molecule has 3 unspecified atom stereocenters. The second kappa shape index (κ2) is 9.26. The Bertz CT molecular complexity index is 914. The lowest BCUT2D eigenvalue weighted by atomic mass is 9.55. The van der Waals surface area contributed by atoms with Gasteiger partial charge in [0.2, 0.25) is 0 Å². The number of fused-ring (bicyclic) bond motifs is 2. The molecule has 2 aliphatic rings. The predicted molar refractivity (Wildman–Crippen MR) is 135 cm³/mol. The summed E-state index contributed by atoms with van der Waals surface area (Å²) in [7, 11) is 5.89. The van der Waals surface area contributed by atoms with Gasteiger partial charge in [-0.2, -0.15) is 0 Å². The molecule has 2 N–H and O–H groups in total. The Kier molecular flexibility index (Phi) is 7.12. The summed E-state index contributed by atoms with van der Waals surface area (Å²) in [6.45, 7) is 6.18. The van der Waals surface area contributed by atoms with Crippen LogP contribution in [-0.2, 0) is 11.3 Å². The van der Waals surface area contributed by atoms with Crippen molar-refractivity contribution in [1.29, 1.82) is 0 Å². The van der Waals surface area contributed by atoms with Gasteiger partial charge in [-0.25, -0.2) is 4.98 Å². The van der Waals surface area contributed by atoms with Gasteiger partial charge >= 0.3 is 0 Å². The summed E-state index contributed by atoms with van der Waals surface area (Å²) >= 11 is 0. The molecule has 2 heterocycles. The van der Waals surface area contributed by atoms with Crippen molar-refractivity contribution in [2.75, 3.05) is 32.6 Å². The number of benzene rings is 1. The lowest BCUT2D eigenvalue weighted by Crippen LogP contribution is -2.71. The molecule has 1 aliphatic heterocycles. The summed E-state index contributed by atoms with van der Waals surface area (Å²) in [6.07, 6.45) is 2.74. The number of guanidine groups is 1. The van der Waals surface area contributed by atoms with Crippen LogP contribution in [0.25, 0.3) is 10.9 Å². The van der Waals surface area contributed by atoms with Gasteiger partial charge in [-0.05, 0) is 30.5 Å². The van der Waals surface area contributed by atoms with Crippen LogP contribution in [0.15, 0.2) is 35.3 Å². The Morgan fingerprint density at radius 1 is 1.30 bits per heavy atom. The van der Waals surface area contributed by atoms with Crippen LogP contribution in [0.1, 0.15) is 32.3 Å². The number of hydrogen-bond acceptors (Lipinski definition) is 4. The largest absolute Gasteiger partial charge is 0.377 e. The van der Waals surface area contributed by atoms with E-state index >= 15 is 0 Å². The topological polar surface area (TPSA) is 61.8 Å². The van der Waals surface area contributed by atoms with Crippen LogP contribution in [0.2, 0.25) is 0 Å². The molecular formula is C23H34IN5O. The van der Waals surface area contributed by atoms with E-state index < -0.39 is 0 Å². The average molecular weight is 523 g/mol. The van der Waals surface area contributed by atoms with E-state index in [0.29, 0.717) is 24.6 Å². The molecule has 1 aromatic carbocycles. The zero-order valence-corrected chi connectivity index (χ0v) is 20.9. The van der Waals surface area contributed by atoms with Crippen molar-refractivity contribution in [1.82, 2.24) is 15.6 Å². The molecule has 0 radical (unpaired) electrons. The van der Waals surface area contributed by atoms with E-state index in [1.54, 1.807) is 0 Å². The van der Waals surface area contributed by atoms with E-state index in [1.165, 1.54) is 17.4 Å². The van der Waals surface area contributed by atoms with E-state index in [4.69, 9.17) is 9.72 Å². The number of aliphatic imine (C=N–C) groups is 1. The Hall–Kier alpha value is -1.61. The van der Waals surface area contributed by atoms with E-state index in [1.807, 2.05) is 32.1 Å². The van der Waals surface area contributed by atoms with Crippen LogP contribution in [-0.4, -0.2) is 50.8 Å². The van der Waals surface area contributed by atoms with Gasteiger partial charge in [0.05, 0.1) is 11.6 Å². The van der Waals surface area contributed by atoms with E-state index in [0.717, 1.165) is 30.3 Å². The summed E-state index contributed by atoms with van der Waals surface area (Å²) in [5.41, 5.74) is 2.35. The number of aromatic nitrogens is 1. The molecular weight excluding hydrogens is 489 g/mol. The van der Waals surface area contributed by atoms with E-state index in [9.17, 15) is 0 Å². The third-order valence-electron chi connectivity index (χ3n) is 6.54. The lowest BCUT2D eigenvalue weighted by Gasteiger charge is -2.60. The minimum Gasteiger partial charge on any atom is -0.377 e. The van der Waals surface area contributed by atoms with Gasteiger partial charge in [-0.15, -0.1) is 24.0 Å². The van der Waals surface area contributed by atoms with Crippen molar-refractivity contribution < 1.29 is 4.74 Å². The molecule has 1 saturated heterocycles. The quantitative estimate of drug-likeness (QED) is 0.363. The summed E-state index contributed by atoms with van der Waals surface area (Å²) in [5.74, 6) is 2.38. The van der Waals surface area contributed by atoms with Crippen molar-refractivity contribution in [2.45, 2.75) is 45.4 Å². The number of halogens is 1. The van der Waals surface area contributed by atoms with Crippen molar-refractivity contribution >= 4 is 46.7 Å². The minimum atomic E-state index is 0. The first-order valence-electron chi connectivity index (χ1n) is 10.6. The monoisotopic (exact) mass is 523 g/mol. The highest BCUT2D eigenvalue weighted by molar-refractivity contribution is 14.0. The summed E-state index contributed by atoms with van der Waals surface area (Å²) in [5, 5.41) is 8.38. The summed E-state index contributed by atoms with van der Waals surface area (Å²) in [4.78, 5) is 11.3. The number of anilines is 1. The fourth-order valence-electron chi connectivity index (χ4n) is 4.94. The van der Waals surface area contributed by atoms with E-state index in [2.05, 4.69) is 53.7 Å². The zero-order valence-electron chi connectivity index (χ0n) is 18.6. The first-order valence-corrected chi connectivity index (χ1v) is 10.6. The van der Waals surface area contributed by atoms with Gasteiger partial charge in [0.1, 0.15) is 5.82 Å². The third kappa shape index (κ3) is 4.23. The standard InChI is InChI=1S/C23H33N5O.HI/c1-23(2)20(17-10-8-12-29-21(17)23)27-22(24-3)25-14-15-13-19(28(4)5)26-18-11-7-6-9-16(15)18;/h6-7,9,11,13,17,20-21H,8,10,12,14H2,1-5H3,(H2,24,25,27);1H. The van der Waals surface area contributed by atoms with Crippen molar-refractivity contribution in [2.24, 2.45) is 16.3 Å². The number of rotatable bonds is 4. The molecule has 6 nitrogen and oxygen atoms in total. The molecule has 1 aliphatic carbocycles. The lowest BCUT2D eigenvalue weighted by molar-refractivity contribution is -0.188. The van der Waals surface area contributed by atoms with Crippen LogP contribution in [0.5, 0.6) is 0 Å². The normalized spacial score (nSPS) is 25.0. The predicted octanol–water partition coefficient (Wildman–Crippen LogP) is 3.79. The van der Waals surface area contributed by atoms with Gasteiger partial charge in [0, 0.05) is 57.1 Å². The Morgan fingerprint density at radius 3 is 2.80 bits per heavy atom. The zero-order chi connectivity index (χ0) is 20.6. The molecule has 164 valence electrons. The molecule has 1 saturated carbocycles. The number of nitrogens with zero attached hydrogens (tertiary/aromatic N) is 3. The Labute approximate surface area is 196 Å². The molecule has 30 heavy (non-hydrogen) atoms. The maximum absolute atomic E-state index is 6.04. The molecule has 1 aromatic heterocycles. The maximum atomic E-state index is 6.04. The van der Waals surface area contributed by atoms with Crippen LogP contribution >= 0.6 is 24.0 Å². The van der Waals surface area contributed by atoms with Crippen molar-refractivity contribution in [3.05, 3.63) is 35.9 Å². The highest BCUT2D eigenvalue weighted by atomic mass is 127. The second-order valence-corrected chi connectivity index (χ2v) is 9.02. The molecule has 2 aromatic rings. The molecule has 7 heteroatoms. The van der Waals surface area contributed by atoms with Gasteiger partial charge in [0.25, 0.3) is 0 Å². The van der Waals surface area contributed by atoms with Crippen molar-refractivity contribution in [3.63, 3.8) is 0 Å². The minimum absolute atomic E-state index is 0. The fraction of sp³-hybridized carbons (Fsp3) is 0.565. The molecule has 4 rings (SSSR count).